The average molecular weight is 262 g/mol. The van der Waals surface area contributed by atoms with E-state index in [1.165, 1.54) is 0 Å². The lowest BCUT2D eigenvalue weighted by molar-refractivity contribution is -0.387. The third-order valence-electron chi connectivity index (χ3n) is 2.15. The minimum atomic E-state index is -2.71. The van der Waals surface area contributed by atoms with E-state index >= 15 is 0 Å². The van der Waals surface area contributed by atoms with Crippen LogP contribution < -0.4 is 0 Å². The van der Waals surface area contributed by atoms with Crippen molar-refractivity contribution in [1.29, 1.82) is 0 Å². The van der Waals surface area contributed by atoms with Gasteiger partial charge in [-0.2, -0.15) is 4.39 Å². The number of benzene rings is 1. The summed E-state index contributed by atoms with van der Waals surface area (Å²) >= 11 is 0. The van der Waals surface area contributed by atoms with Gasteiger partial charge in [-0.25, -0.2) is 8.78 Å². The standard InChI is InChI=1S/C10H9F3N2O3/c1-14(5-9(12)13)10(16)6-2-3-8(15(17)18)7(11)4-6/h2-4,9H,5H2,1H3. The second-order valence-corrected chi connectivity index (χ2v) is 3.50. The lowest BCUT2D eigenvalue weighted by Crippen LogP contribution is -2.31. The molecule has 0 saturated heterocycles. The molecule has 0 heterocycles. The fraction of sp³-hybridized carbons (Fsp3) is 0.300. The summed E-state index contributed by atoms with van der Waals surface area (Å²) in [6, 6.07) is 2.49. The fourth-order valence-electron chi connectivity index (χ4n) is 1.30. The molecule has 1 aromatic rings. The first-order chi connectivity index (χ1) is 8.32. The first-order valence-corrected chi connectivity index (χ1v) is 4.80. The second kappa shape index (κ2) is 5.48. The molecule has 0 atom stereocenters. The van der Waals surface area contributed by atoms with Gasteiger partial charge >= 0.3 is 5.69 Å². The van der Waals surface area contributed by atoms with Gasteiger partial charge in [0.05, 0.1) is 11.5 Å². The van der Waals surface area contributed by atoms with E-state index in [1.54, 1.807) is 0 Å². The number of alkyl halides is 2. The smallest absolute Gasteiger partial charge is 0.304 e. The predicted octanol–water partition coefficient (Wildman–Crippen LogP) is 2.07. The van der Waals surface area contributed by atoms with Crippen LogP contribution in [0.5, 0.6) is 0 Å². The average Bonchev–Trinajstić information content (AvgIpc) is 2.26. The molecule has 0 radical (unpaired) electrons. The van der Waals surface area contributed by atoms with Gasteiger partial charge in [-0.1, -0.05) is 0 Å². The van der Waals surface area contributed by atoms with Gasteiger partial charge in [-0.3, -0.25) is 14.9 Å². The van der Waals surface area contributed by atoms with Gasteiger partial charge in [0.25, 0.3) is 12.3 Å². The molecule has 1 amide bonds. The highest BCUT2D eigenvalue weighted by molar-refractivity contribution is 5.94. The van der Waals surface area contributed by atoms with Crippen molar-refractivity contribution < 1.29 is 22.9 Å². The maximum absolute atomic E-state index is 13.2. The molecule has 0 aromatic heterocycles. The summed E-state index contributed by atoms with van der Waals surface area (Å²) < 4.78 is 37.3. The minimum Gasteiger partial charge on any atom is -0.336 e. The Bertz CT molecular complexity index is 479. The molecular formula is C10H9F3N2O3. The zero-order chi connectivity index (χ0) is 13.9. The van der Waals surface area contributed by atoms with Crippen LogP contribution in [0, 0.1) is 15.9 Å². The summed E-state index contributed by atoms with van der Waals surface area (Å²) in [6.07, 6.45) is -2.71. The van der Waals surface area contributed by atoms with E-state index in [0.717, 1.165) is 19.2 Å². The van der Waals surface area contributed by atoms with Crippen molar-refractivity contribution in [3.63, 3.8) is 0 Å². The van der Waals surface area contributed by atoms with Crippen LogP contribution in [0.25, 0.3) is 0 Å². The first kappa shape index (κ1) is 13.9. The van der Waals surface area contributed by atoms with Crippen LogP contribution >= 0.6 is 0 Å². The zero-order valence-corrected chi connectivity index (χ0v) is 9.27. The van der Waals surface area contributed by atoms with Crippen LogP contribution in [-0.2, 0) is 0 Å². The number of nitro benzene ring substituents is 1. The molecule has 0 N–H and O–H groups in total. The van der Waals surface area contributed by atoms with E-state index in [1.807, 2.05) is 0 Å². The van der Waals surface area contributed by atoms with Crippen molar-refractivity contribution in [3.8, 4) is 0 Å². The molecule has 0 spiro atoms. The van der Waals surface area contributed by atoms with E-state index in [2.05, 4.69) is 0 Å². The summed E-state index contributed by atoms with van der Waals surface area (Å²) in [6.45, 7) is -0.794. The van der Waals surface area contributed by atoms with Crippen LogP contribution in [0.3, 0.4) is 0 Å². The van der Waals surface area contributed by atoms with Gasteiger partial charge in [0.15, 0.2) is 0 Å². The maximum Gasteiger partial charge on any atom is 0.304 e. The third-order valence-corrected chi connectivity index (χ3v) is 2.15. The third kappa shape index (κ3) is 3.19. The molecule has 0 fully saturated rings. The molecule has 1 rings (SSSR count). The Morgan fingerprint density at radius 2 is 2.11 bits per heavy atom. The van der Waals surface area contributed by atoms with E-state index in [-0.39, 0.29) is 5.56 Å². The summed E-state index contributed by atoms with van der Waals surface area (Å²) in [5.74, 6) is -2.01. The molecule has 0 aliphatic heterocycles. The van der Waals surface area contributed by atoms with E-state index in [9.17, 15) is 28.1 Å². The van der Waals surface area contributed by atoms with E-state index in [0.29, 0.717) is 11.0 Å². The number of amides is 1. The van der Waals surface area contributed by atoms with Crippen molar-refractivity contribution in [3.05, 3.63) is 39.7 Å². The predicted molar refractivity (Wildman–Crippen MR) is 56.0 cm³/mol. The minimum absolute atomic E-state index is 0.221. The summed E-state index contributed by atoms with van der Waals surface area (Å²) in [4.78, 5) is 21.7. The molecule has 0 saturated carbocycles. The second-order valence-electron chi connectivity index (χ2n) is 3.50. The normalized spacial score (nSPS) is 10.5. The highest BCUT2D eigenvalue weighted by atomic mass is 19.3. The molecule has 1 aromatic carbocycles. The van der Waals surface area contributed by atoms with Crippen LogP contribution in [0.15, 0.2) is 18.2 Å². The molecule has 0 aliphatic rings. The van der Waals surface area contributed by atoms with Gasteiger partial charge in [0.2, 0.25) is 5.82 Å². The highest BCUT2D eigenvalue weighted by Crippen LogP contribution is 2.18. The summed E-state index contributed by atoms with van der Waals surface area (Å²) in [5.41, 5.74) is -0.996. The Morgan fingerprint density at radius 1 is 1.50 bits per heavy atom. The lowest BCUT2D eigenvalue weighted by Gasteiger charge is -2.16. The summed E-state index contributed by atoms with van der Waals surface area (Å²) in [5, 5.41) is 10.4. The quantitative estimate of drug-likeness (QED) is 0.616. The first-order valence-electron chi connectivity index (χ1n) is 4.80. The maximum atomic E-state index is 13.2. The highest BCUT2D eigenvalue weighted by Gasteiger charge is 2.20. The van der Waals surface area contributed by atoms with Crippen molar-refractivity contribution in [1.82, 2.24) is 4.90 Å². The van der Waals surface area contributed by atoms with Gasteiger partial charge in [0.1, 0.15) is 0 Å². The van der Waals surface area contributed by atoms with Crippen molar-refractivity contribution in [2.75, 3.05) is 13.6 Å². The van der Waals surface area contributed by atoms with Crippen molar-refractivity contribution >= 4 is 11.6 Å². The fourth-order valence-corrected chi connectivity index (χ4v) is 1.30. The lowest BCUT2D eigenvalue weighted by atomic mass is 10.1. The van der Waals surface area contributed by atoms with Crippen LogP contribution in [0.4, 0.5) is 18.9 Å². The molecule has 8 heteroatoms. The van der Waals surface area contributed by atoms with Crippen LogP contribution in [0.1, 0.15) is 10.4 Å². The van der Waals surface area contributed by atoms with Crippen molar-refractivity contribution in [2.24, 2.45) is 0 Å². The largest absolute Gasteiger partial charge is 0.336 e. The van der Waals surface area contributed by atoms with Gasteiger partial charge in [-0.05, 0) is 12.1 Å². The Balaban J connectivity index is 2.94. The van der Waals surface area contributed by atoms with E-state index in [4.69, 9.17) is 0 Å². The van der Waals surface area contributed by atoms with Crippen LogP contribution in [0.2, 0.25) is 0 Å². The Hall–Kier alpha value is -2.12. The number of carbonyl (C=O) groups is 1. The number of halogens is 3. The Kier molecular flexibility index (Phi) is 4.24. The number of rotatable bonds is 4. The van der Waals surface area contributed by atoms with E-state index < -0.39 is 35.3 Å². The van der Waals surface area contributed by atoms with Gasteiger partial charge < -0.3 is 4.90 Å². The number of hydrogen-bond donors (Lipinski definition) is 0. The number of hydrogen-bond acceptors (Lipinski definition) is 3. The Labute approximate surface area is 100.0 Å². The number of nitro groups is 1. The molecular weight excluding hydrogens is 253 g/mol. The zero-order valence-electron chi connectivity index (χ0n) is 9.27. The Morgan fingerprint density at radius 3 is 2.56 bits per heavy atom. The molecule has 0 aliphatic carbocycles. The SMILES string of the molecule is CN(CC(F)F)C(=O)c1ccc([N+](=O)[O-])c(F)c1. The topological polar surface area (TPSA) is 63.5 Å². The molecule has 18 heavy (non-hydrogen) atoms. The van der Waals surface area contributed by atoms with Crippen molar-refractivity contribution in [2.45, 2.75) is 6.43 Å². The molecule has 98 valence electrons. The summed E-state index contributed by atoms with van der Waals surface area (Å²) in [7, 11) is 1.13. The molecule has 5 nitrogen and oxygen atoms in total. The number of nitrogens with zero attached hydrogens (tertiary/aromatic N) is 2. The van der Waals surface area contributed by atoms with Gasteiger partial charge in [0, 0.05) is 18.7 Å². The van der Waals surface area contributed by atoms with Crippen LogP contribution in [-0.4, -0.2) is 35.7 Å². The molecule has 0 unspecified atom stereocenters. The number of carbonyl (C=O) groups excluding carboxylic acids is 1. The molecule has 0 bridgehead atoms. The monoisotopic (exact) mass is 262 g/mol. The van der Waals surface area contributed by atoms with Gasteiger partial charge in [-0.15, -0.1) is 0 Å².